The topological polar surface area (TPSA) is 79.4 Å². The van der Waals surface area contributed by atoms with E-state index in [-0.39, 0.29) is 5.69 Å². The van der Waals surface area contributed by atoms with Crippen LogP contribution in [0.2, 0.25) is 0 Å². The number of imidazole rings is 1. The van der Waals surface area contributed by atoms with Crippen molar-refractivity contribution in [3.05, 3.63) is 71.0 Å². The molecule has 3 aromatic rings. The molecule has 0 spiro atoms. The molecule has 0 fully saturated rings. The molecule has 2 aromatic carbocycles. The van der Waals surface area contributed by atoms with Crippen LogP contribution in [-0.4, -0.2) is 33.9 Å². The molecule has 0 radical (unpaired) electrons. The van der Waals surface area contributed by atoms with Gasteiger partial charge in [-0.2, -0.15) is 0 Å². The van der Waals surface area contributed by atoms with E-state index in [4.69, 9.17) is 9.47 Å². The Bertz CT molecular complexity index is 880. The number of hydrogen-bond donors (Lipinski definition) is 0. The smallest absolute Gasteiger partial charge is 0.273 e. The molecule has 0 bridgehead atoms. The number of rotatable bonds is 8. The summed E-state index contributed by atoms with van der Waals surface area (Å²) in [6.07, 6.45) is 3.64. The molecule has 0 unspecified atom stereocenters. The third-order valence-electron chi connectivity index (χ3n) is 3.57. The number of aromatic nitrogens is 2. The Morgan fingerprint density at radius 1 is 1.19 bits per heavy atom. The van der Waals surface area contributed by atoms with Gasteiger partial charge in [0.1, 0.15) is 11.5 Å². The molecule has 134 valence electrons. The van der Waals surface area contributed by atoms with Crippen LogP contribution in [-0.2, 0) is 0 Å². The lowest BCUT2D eigenvalue weighted by atomic mass is 10.3. The summed E-state index contributed by atoms with van der Waals surface area (Å²) in [7, 11) is 1.63. The molecule has 0 amide bonds. The van der Waals surface area contributed by atoms with Gasteiger partial charge in [0.25, 0.3) is 5.69 Å². The van der Waals surface area contributed by atoms with Crippen LogP contribution in [0.4, 0.5) is 5.69 Å². The number of thioether (sulfide) groups is 1. The van der Waals surface area contributed by atoms with Gasteiger partial charge < -0.3 is 9.47 Å². The molecule has 8 heteroatoms. The zero-order valence-electron chi connectivity index (χ0n) is 14.1. The van der Waals surface area contributed by atoms with E-state index in [2.05, 4.69) is 4.98 Å². The normalized spacial score (nSPS) is 10.5. The zero-order valence-corrected chi connectivity index (χ0v) is 14.9. The SMILES string of the molecule is COc1ccc(-n2ccnc2SCCOc2cccc([N+](=O)[O-])c2)cc1. The first kappa shape index (κ1) is 17.8. The molecule has 26 heavy (non-hydrogen) atoms. The van der Waals surface area contributed by atoms with Crippen molar-refractivity contribution >= 4 is 17.4 Å². The molecule has 1 heterocycles. The maximum atomic E-state index is 10.8. The number of nitro groups is 1. The molecule has 1 aromatic heterocycles. The standard InChI is InChI=1S/C18H17N3O4S/c1-24-16-7-5-14(6-8-16)20-10-9-19-18(20)26-12-11-25-17-4-2-3-15(13-17)21(22)23/h2-10,13H,11-12H2,1H3. The summed E-state index contributed by atoms with van der Waals surface area (Å²) in [5, 5.41) is 11.6. The maximum absolute atomic E-state index is 10.8. The van der Waals surface area contributed by atoms with E-state index in [0.717, 1.165) is 16.6 Å². The van der Waals surface area contributed by atoms with Gasteiger partial charge in [0.15, 0.2) is 5.16 Å². The van der Waals surface area contributed by atoms with Crippen molar-refractivity contribution in [2.75, 3.05) is 19.5 Å². The molecule has 0 aliphatic heterocycles. The van der Waals surface area contributed by atoms with Crippen LogP contribution < -0.4 is 9.47 Å². The number of nitrogens with zero attached hydrogens (tertiary/aromatic N) is 3. The molecule has 0 atom stereocenters. The van der Waals surface area contributed by atoms with E-state index in [1.54, 1.807) is 37.2 Å². The van der Waals surface area contributed by atoms with Crippen molar-refractivity contribution in [2.45, 2.75) is 5.16 Å². The largest absolute Gasteiger partial charge is 0.497 e. The summed E-state index contributed by atoms with van der Waals surface area (Å²) < 4.78 is 12.7. The van der Waals surface area contributed by atoms with Crippen LogP contribution in [0.3, 0.4) is 0 Å². The number of methoxy groups -OCH3 is 1. The van der Waals surface area contributed by atoms with Gasteiger partial charge in [-0.05, 0) is 30.3 Å². The predicted octanol–water partition coefficient (Wildman–Crippen LogP) is 3.96. The van der Waals surface area contributed by atoms with Crippen molar-refractivity contribution in [3.63, 3.8) is 0 Å². The highest BCUT2D eigenvalue weighted by atomic mass is 32.2. The first-order chi connectivity index (χ1) is 12.7. The third kappa shape index (κ3) is 4.34. The first-order valence-corrected chi connectivity index (χ1v) is 8.84. The predicted molar refractivity (Wildman–Crippen MR) is 99.4 cm³/mol. The van der Waals surface area contributed by atoms with Gasteiger partial charge in [0.05, 0.1) is 24.7 Å². The van der Waals surface area contributed by atoms with E-state index in [1.807, 2.05) is 35.0 Å². The molecule has 7 nitrogen and oxygen atoms in total. The summed E-state index contributed by atoms with van der Waals surface area (Å²) in [5.41, 5.74) is 1.01. The number of non-ortho nitro benzene ring substituents is 1. The Kier molecular flexibility index (Phi) is 5.75. The highest BCUT2D eigenvalue weighted by molar-refractivity contribution is 7.99. The molecule has 0 N–H and O–H groups in total. The van der Waals surface area contributed by atoms with Crippen molar-refractivity contribution in [1.29, 1.82) is 0 Å². The molecular weight excluding hydrogens is 354 g/mol. The van der Waals surface area contributed by atoms with E-state index in [9.17, 15) is 10.1 Å². The maximum Gasteiger partial charge on any atom is 0.273 e. The van der Waals surface area contributed by atoms with Crippen LogP contribution >= 0.6 is 11.8 Å². The summed E-state index contributed by atoms with van der Waals surface area (Å²) in [6.45, 7) is 0.418. The van der Waals surface area contributed by atoms with Crippen LogP contribution in [0.25, 0.3) is 5.69 Å². The van der Waals surface area contributed by atoms with Gasteiger partial charge in [-0.1, -0.05) is 17.8 Å². The van der Waals surface area contributed by atoms with Gasteiger partial charge >= 0.3 is 0 Å². The van der Waals surface area contributed by atoms with Gasteiger partial charge in [0.2, 0.25) is 0 Å². The Hall–Kier alpha value is -3.00. The van der Waals surface area contributed by atoms with Crippen LogP contribution in [0.5, 0.6) is 11.5 Å². The highest BCUT2D eigenvalue weighted by Crippen LogP contribution is 2.23. The Morgan fingerprint density at radius 3 is 2.73 bits per heavy atom. The summed E-state index contributed by atoms with van der Waals surface area (Å²) in [6, 6.07) is 13.9. The Morgan fingerprint density at radius 2 is 2.00 bits per heavy atom. The average Bonchev–Trinajstić information content (AvgIpc) is 3.14. The van der Waals surface area contributed by atoms with Crippen LogP contribution in [0.1, 0.15) is 0 Å². The Balaban J connectivity index is 1.57. The van der Waals surface area contributed by atoms with Crippen molar-refractivity contribution < 1.29 is 14.4 Å². The van der Waals surface area contributed by atoms with Crippen LogP contribution in [0.15, 0.2) is 66.1 Å². The quantitative estimate of drug-likeness (QED) is 0.258. The minimum atomic E-state index is -0.437. The van der Waals surface area contributed by atoms with Gasteiger partial charge in [-0.25, -0.2) is 4.98 Å². The van der Waals surface area contributed by atoms with E-state index in [0.29, 0.717) is 18.1 Å². The number of benzene rings is 2. The Labute approximate surface area is 154 Å². The molecule has 0 aliphatic rings. The minimum Gasteiger partial charge on any atom is -0.497 e. The molecule has 0 aliphatic carbocycles. The minimum absolute atomic E-state index is 0.0187. The second-order valence-corrected chi connectivity index (χ2v) is 6.29. The summed E-state index contributed by atoms with van der Waals surface area (Å²) in [5.74, 6) is 1.95. The van der Waals surface area contributed by atoms with E-state index < -0.39 is 4.92 Å². The lowest BCUT2D eigenvalue weighted by Crippen LogP contribution is -2.02. The van der Waals surface area contributed by atoms with Gasteiger partial charge in [-0.3, -0.25) is 14.7 Å². The first-order valence-electron chi connectivity index (χ1n) is 7.85. The second kappa shape index (κ2) is 8.39. The average molecular weight is 371 g/mol. The van der Waals surface area contributed by atoms with Crippen molar-refractivity contribution in [2.24, 2.45) is 0 Å². The number of nitro benzene ring substituents is 1. The van der Waals surface area contributed by atoms with Gasteiger partial charge in [-0.15, -0.1) is 0 Å². The molecule has 0 saturated carbocycles. The number of hydrogen-bond acceptors (Lipinski definition) is 6. The second-order valence-electron chi connectivity index (χ2n) is 5.23. The highest BCUT2D eigenvalue weighted by Gasteiger charge is 2.08. The van der Waals surface area contributed by atoms with E-state index >= 15 is 0 Å². The lowest BCUT2D eigenvalue weighted by Gasteiger charge is -2.09. The number of ether oxygens (including phenoxy) is 2. The van der Waals surface area contributed by atoms with Crippen molar-refractivity contribution in [3.8, 4) is 17.2 Å². The molecule has 0 saturated heterocycles. The van der Waals surface area contributed by atoms with Crippen LogP contribution in [0, 0.1) is 10.1 Å². The fourth-order valence-electron chi connectivity index (χ4n) is 2.32. The fraction of sp³-hybridized carbons (Fsp3) is 0.167. The third-order valence-corrected chi connectivity index (χ3v) is 4.50. The van der Waals surface area contributed by atoms with Gasteiger partial charge in [0, 0.05) is 29.9 Å². The monoisotopic (exact) mass is 371 g/mol. The lowest BCUT2D eigenvalue weighted by molar-refractivity contribution is -0.384. The summed E-state index contributed by atoms with van der Waals surface area (Å²) >= 11 is 1.55. The fourth-order valence-corrected chi connectivity index (χ4v) is 3.11. The zero-order chi connectivity index (χ0) is 18.4. The summed E-state index contributed by atoms with van der Waals surface area (Å²) in [4.78, 5) is 14.7. The van der Waals surface area contributed by atoms with E-state index in [1.165, 1.54) is 12.1 Å². The molecule has 3 rings (SSSR count). The van der Waals surface area contributed by atoms with Crippen molar-refractivity contribution in [1.82, 2.24) is 9.55 Å². The molecular formula is C18H17N3O4S.